The highest BCUT2D eigenvalue weighted by atomic mass is 16.2. The molecule has 0 aliphatic heterocycles. The molecule has 2 amide bonds. The lowest BCUT2D eigenvalue weighted by molar-refractivity contribution is -0.110. The van der Waals surface area contributed by atoms with Crippen molar-refractivity contribution in [1.82, 2.24) is 5.32 Å². The zero-order chi connectivity index (χ0) is 12.8. The fourth-order valence-corrected chi connectivity index (χ4v) is 1.61. The number of urea groups is 1. The molecule has 0 unspecified atom stereocenters. The Morgan fingerprint density at radius 1 is 1.29 bits per heavy atom. The molecule has 4 nitrogen and oxygen atoms in total. The molecular weight excluding hydrogens is 216 g/mol. The Hall–Kier alpha value is -1.71. The lowest BCUT2D eigenvalue weighted by atomic mass is 9.97. The number of nitrogens with zero attached hydrogens (tertiary/aromatic N) is 1. The van der Waals surface area contributed by atoms with Crippen LogP contribution in [0.5, 0.6) is 0 Å². The van der Waals surface area contributed by atoms with E-state index in [9.17, 15) is 9.59 Å². The zero-order valence-electron chi connectivity index (χ0n) is 10.5. The summed E-state index contributed by atoms with van der Waals surface area (Å²) in [6, 6.07) is -0.344. The van der Waals surface area contributed by atoms with Gasteiger partial charge in [0, 0.05) is 6.54 Å². The van der Waals surface area contributed by atoms with Gasteiger partial charge in [0.1, 0.15) is 0 Å². The minimum absolute atomic E-state index is 0.0506. The fraction of sp³-hybridized carbons (Fsp3) is 0.462. The van der Waals surface area contributed by atoms with Gasteiger partial charge < -0.3 is 5.32 Å². The molecule has 1 rings (SSSR count). The molecule has 0 fully saturated rings. The zero-order valence-corrected chi connectivity index (χ0v) is 10.5. The van der Waals surface area contributed by atoms with Crippen molar-refractivity contribution >= 4 is 17.5 Å². The monoisotopic (exact) mass is 234 g/mol. The van der Waals surface area contributed by atoms with Crippen molar-refractivity contribution in [3.8, 4) is 0 Å². The minimum atomic E-state index is -0.344. The van der Waals surface area contributed by atoms with E-state index in [0.717, 1.165) is 24.0 Å². The summed E-state index contributed by atoms with van der Waals surface area (Å²) in [5.74, 6) is -0.0506. The Kier molecular flexibility index (Phi) is 4.82. The third kappa shape index (κ3) is 3.98. The molecule has 1 aliphatic carbocycles. The van der Waals surface area contributed by atoms with E-state index in [0.29, 0.717) is 12.3 Å². The summed E-state index contributed by atoms with van der Waals surface area (Å²) >= 11 is 0. The normalized spacial score (nSPS) is 15.2. The summed E-state index contributed by atoms with van der Waals surface area (Å²) < 4.78 is 0. The number of unbranched alkanes of at least 4 members (excludes halogenated alkanes) is 1. The Balaban J connectivity index is 2.71. The van der Waals surface area contributed by atoms with Crippen LogP contribution in [0, 0.1) is 0 Å². The van der Waals surface area contributed by atoms with Gasteiger partial charge in [-0.1, -0.05) is 13.3 Å². The van der Waals surface area contributed by atoms with Gasteiger partial charge in [0.15, 0.2) is 5.78 Å². The Labute approximate surface area is 102 Å². The van der Waals surface area contributed by atoms with E-state index in [-0.39, 0.29) is 11.8 Å². The topological polar surface area (TPSA) is 58.5 Å². The van der Waals surface area contributed by atoms with E-state index in [2.05, 4.69) is 17.2 Å². The van der Waals surface area contributed by atoms with Gasteiger partial charge in [-0.05, 0) is 43.6 Å². The maximum Gasteiger partial charge on any atom is 0.341 e. The molecule has 0 bridgehead atoms. The number of ketones is 1. The SMILES string of the molecule is CCCCNC(=O)N=C1C(C)=CC(=O)C=C1C. The molecule has 1 N–H and O–H groups in total. The molecule has 0 aromatic rings. The molecule has 0 spiro atoms. The maximum atomic E-state index is 11.5. The van der Waals surface area contributed by atoms with Crippen LogP contribution in [0.2, 0.25) is 0 Å². The van der Waals surface area contributed by atoms with Crippen LogP contribution in [0.15, 0.2) is 28.3 Å². The Morgan fingerprint density at radius 3 is 2.41 bits per heavy atom. The van der Waals surface area contributed by atoms with Gasteiger partial charge in [0.05, 0.1) is 5.71 Å². The molecule has 0 saturated carbocycles. The number of carbonyl (C=O) groups is 2. The van der Waals surface area contributed by atoms with Gasteiger partial charge in [-0.15, -0.1) is 0 Å². The molecule has 4 heteroatoms. The number of aliphatic imine (C=N–C) groups is 1. The predicted octanol–water partition coefficient (Wildman–Crippen LogP) is 2.41. The first-order valence-electron chi connectivity index (χ1n) is 5.82. The van der Waals surface area contributed by atoms with E-state index < -0.39 is 0 Å². The van der Waals surface area contributed by atoms with Crippen molar-refractivity contribution < 1.29 is 9.59 Å². The molecule has 92 valence electrons. The first kappa shape index (κ1) is 13.4. The average molecular weight is 234 g/mol. The summed E-state index contributed by atoms with van der Waals surface area (Å²) in [5, 5.41) is 2.72. The van der Waals surface area contributed by atoms with Crippen LogP contribution in [0.25, 0.3) is 0 Å². The third-order valence-corrected chi connectivity index (χ3v) is 2.48. The summed E-state index contributed by atoms with van der Waals surface area (Å²) in [5.41, 5.74) is 2.07. The van der Waals surface area contributed by atoms with Crippen LogP contribution in [0.1, 0.15) is 33.6 Å². The van der Waals surface area contributed by atoms with Gasteiger partial charge in [-0.2, -0.15) is 4.99 Å². The molecule has 1 aliphatic rings. The third-order valence-electron chi connectivity index (χ3n) is 2.48. The maximum absolute atomic E-state index is 11.5. The quantitative estimate of drug-likeness (QED) is 0.602. The molecule has 0 heterocycles. The minimum Gasteiger partial charge on any atom is -0.336 e. The molecule has 0 aromatic carbocycles. The second-order valence-electron chi connectivity index (χ2n) is 4.10. The second-order valence-corrected chi connectivity index (χ2v) is 4.10. The van der Waals surface area contributed by atoms with Gasteiger partial charge >= 0.3 is 6.03 Å². The molecular formula is C13H18N2O2. The number of allylic oxidation sites excluding steroid dienone is 4. The van der Waals surface area contributed by atoms with E-state index in [1.54, 1.807) is 13.8 Å². The summed E-state index contributed by atoms with van der Waals surface area (Å²) in [7, 11) is 0. The van der Waals surface area contributed by atoms with Crippen LogP contribution in [0.4, 0.5) is 4.79 Å². The van der Waals surface area contributed by atoms with Gasteiger partial charge in [0.2, 0.25) is 0 Å². The predicted molar refractivity (Wildman–Crippen MR) is 68.3 cm³/mol. The molecule has 17 heavy (non-hydrogen) atoms. The largest absolute Gasteiger partial charge is 0.341 e. The number of carbonyl (C=O) groups excluding carboxylic acids is 2. The highest BCUT2D eigenvalue weighted by molar-refractivity contribution is 6.24. The summed E-state index contributed by atoms with van der Waals surface area (Å²) in [6.45, 7) is 6.26. The van der Waals surface area contributed by atoms with E-state index in [1.165, 1.54) is 12.2 Å². The van der Waals surface area contributed by atoms with Crippen LogP contribution < -0.4 is 5.32 Å². The van der Waals surface area contributed by atoms with Crippen LogP contribution in [-0.4, -0.2) is 24.1 Å². The number of rotatable bonds is 3. The molecule has 0 radical (unpaired) electrons. The molecule has 0 aromatic heterocycles. The number of hydrogen-bond acceptors (Lipinski definition) is 2. The summed E-state index contributed by atoms with van der Waals surface area (Å²) in [6.07, 6.45) is 4.96. The number of amides is 2. The Morgan fingerprint density at radius 2 is 1.88 bits per heavy atom. The molecule has 0 saturated heterocycles. The fourth-order valence-electron chi connectivity index (χ4n) is 1.61. The van der Waals surface area contributed by atoms with Crippen molar-refractivity contribution in [2.45, 2.75) is 33.6 Å². The lowest BCUT2D eigenvalue weighted by Gasteiger charge is -2.11. The number of nitrogens with one attached hydrogen (secondary N) is 1. The van der Waals surface area contributed by atoms with Crippen molar-refractivity contribution in [1.29, 1.82) is 0 Å². The average Bonchev–Trinajstić information content (AvgIpc) is 2.24. The van der Waals surface area contributed by atoms with Crippen LogP contribution in [0.3, 0.4) is 0 Å². The smallest absolute Gasteiger partial charge is 0.336 e. The van der Waals surface area contributed by atoms with Gasteiger partial charge in [-0.3, -0.25) is 4.79 Å². The van der Waals surface area contributed by atoms with E-state index >= 15 is 0 Å². The highest BCUT2D eigenvalue weighted by Gasteiger charge is 2.14. The summed E-state index contributed by atoms with van der Waals surface area (Å²) in [4.78, 5) is 26.7. The first-order chi connectivity index (χ1) is 8.04. The van der Waals surface area contributed by atoms with Crippen molar-refractivity contribution in [2.75, 3.05) is 6.54 Å². The first-order valence-corrected chi connectivity index (χ1v) is 5.82. The van der Waals surface area contributed by atoms with Crippen molar-refractivity contribution in [3.05, 3.63) is 23.3 Å². The number of hydrogen-bond donors (Lipinski definition) is 1. The molecule has 0 atom stereocenters. The standard InChI is InChI=1S/C13H18N2O2/c1-4-5-6-14-13(17)15-12-9(2)7-11(16)8-10(12)3/h7-8H,4-6H2,1-3H3,(H,14,17). The van der Waals surface area contributed by atoms with Gasteiger partial charge in [-0.25, -0.2) is 4.79 Å². The van der Waals surface area contributed by atoms with Crippen molar-refractivity contribution in [3.63, 3.8) is 0 Å². The van der Waals surface area contributed by atoms with Crippen LogP contribution in [-0.2, 0) is 4.79 Å². The van der Waals surface area contributed by atoms with Gasteiger partial charge in [0.25, 0.3) is 0 Å². The lowest BCUT2D eigenvalue weighted by Crippen LogP contribution is -2.23. The van der Waals surface area contributed by atoms with E-state index in [1.807, 2.05) is 0 Å². The van der Waals surface area contributed by atoms with Crippen molar-refractivity contribution in [2.24, 2.45) is 4.99 Å². The van der Waals surface area contributed by atoms with E-state index in [4.69, 9.17) is 0 Å². The Bertz CT molecular complexity index is 393. The second kappa shape index (κ2) is 6.13. The highest BCUT2D eigenvalue weighted by Crippen LogP contribution is 2.13. The van der Waals surface area contributed by atoms with Crippen LogP contribution >= 0.6 is 0 Å².